The van der Waals surface area contributed by atoms with E-state index >= 15 is 0 Å². The lowest BCUT2D eigenvalue weighted by atomic mass is 9.98. The maximum absolute atomic E-state index is 13.3. The summed E-state index contributed by atoms with van der Waals surface area (Å²) in [7, 11) is 1.50. The van der Waals surface area contributed by atoms with Gasteiger partial charge in [0, 0.05) is 10.0 Å². The second-order valence-corrected chi connectivity index (χ2v) is 5.05. The number of ketones is 1. The SMILES string of the molecule is COc1cc(Br)ccc1C(=O)c1cc(F)ccc1C. The van der Waals surface area contributed by atoms with Crippen molar-refractivity contribution in [2.75, 3.05) is 7.11 Å². The number of ether oxygens (including phenoxy) is 1. The molecule has 0 heterocycles. The Morgan fingerprint density at radius 3 is 2.58 bits per heavy atom. The Bertz CT molecular complexity index is 638. The fraction of sp³-hybridized carbons (Fsp3) is 0.133. The van der Waals surface area contributed by atoms with Crippen LogP contribution in [0.2, 0.25) is 0 Å². The first kappa shape index (κ1) is 13.7. The molecule has 2 aromatic carbocycles. The van der Waals surface area contributed by atoms with Crippen LogP contribution in [-0.2, 0) is 0 Å². The molecule has 19 heavy (non-hydrogen) atoms. The number of hydrogen-bond donors (Lipinski definition) is 0. The average molecular weight is 323 g/mol. The number of carbonyl (C=O) groups excluding carboxylic acids is 1. The van der Waals surface area contributed by atoms with Gasteiger partial charge in [-0.05, 0) is 42.8 Å². The second-order valence-electron chi connectivity index (χ2n) is 4.13. The highest BCUT2D eigenvalue weighted by atomic mass is 79.9. The van der Waals surface area contributed by atoms with Crippen LogP contribution >= 0.6 is 15.9 Å². The van der Waals surface area contributed by atoms with E-state index in [0.29, 0.717) is 16.9 Å². The van der Waals surface area contributed by atoms with Crippen molar-refractivity contribution in [3.05, 3.63) is 63.4 Å². The molecule has 2 nitrogen and oxygen atoms in total. The molecular formula is C15H12BrFO2. The van der Waals surface area contributed by atoms with E-state index in [0.717, 1.165) is 10.0 Å². The first-order valence-corrected chi connectivity index (χ1v) is 6.46. The molecule has 2 rings (SSSR count). The van der Waals surface area contributed by atoms with E-state index in [9.17, 15) is 9.18 Å². The maximum Gasteiger partial charge on any atom is 0.197 e. The Morgan fingerprint density at radius 1 is 1.16 bits per heavy atom. The van der Waals surface area contributed by atoms with Crippen molar-refractivity contribution in [1.29, 1.82) is 0 Å². The van der Waals surface area contributed by atoms with Crippen molar-refractivity contribution in [2.45, 2.75) is 6.92 Å². The summed E-state index contributed by atoms with van der Waals surface area (Å²) in [5.41, 5.74) is 1.50. The predicted octanol–water partition coefficient (Wildman–Crippen LogP) is 4.14. The number of halogens is 2. The molecule has 0 unspecified atom stereocenters. The molecule has 0 N–H and O–H groups in total. The zero-order valence-electron chi connectivity index (χ0n) is 10.5. The van der Waals surface area contributed by atoms with Gasteiger partial charge >= 0.3 is 0 Å². The molecule has 0 aliphatic rings. The normalized spacial score (nSPS) is 10.3. The summed E-state index contributed by atoms with van der Waals surface area (Å²) < 4.78 is 19.3. The van der Waals surface area contributed by atoms with Crippen molar-refractivity contribution in [2.24, 2.45) is 0 Å². The molecule has 4 heteroatoms. The Balaban J connectivity index is 2.53. The molecule has 0 spiro atoms. The van der Waals surface area contributed by atoms with Gasteiger partial charge in [0.1, 0.15) is 11.6 Å². The molecule has 0 aliphatic carbocycles. The van der Waals surface area contributed by atoms with Crippen LogP contribution in [0.4, 0.5) is 4.39 Å². The van der Waals surface area contributed by atoms with Crippen molar-refractivity contribution in [1.82, 2.24) is 0 Å². The molecule has 0 amide bonds. The van der Waals surface area contributed by atoms with Crippen molar-refractivity contribution < 1.29 is 13.9 Å². The summed E-state index contributed by atoms with van der Waals surface area (Å²) >= 11 is 3.32. The van der Waals surface area contributed by atoms with Gasteiger partial charge in [0.25, 0.3) is 0 Å². The molecule has 0 radical (unpaired) electrons. The van der Waals surface area contributed by atoms with Gasteiger partial charge < -0.3 is 4.74 Å². The first-order chi connectivity index (χ1) is 9.02. The molecule has 2 aromatic rings. The summed E-state index contributed by atoms with van der Waals surface area (Å²) in [6.07, 6.45) is 0. The lowest BCUT2D eigenvalue weighted by Crippen LogP contribution is -2.06. The monoisotopic (exact) mass is 322 g/mol. The zero-order valence-corrected chi connectivity index (χ0v) is 12.1. The Kier molecular flexibility index (Phi) is 4.00. The standard InChI is InChI=1S/C15H12BrFO2/c1-9-3-5-11(17)8-13(9)15(18)12-6-4-10(16)7-14(12)19-2/h3-8H,1-2H3. The van der Waals surface area contributed by atoms with E-state index in [1.165, 1.54) is 19.2 Å². The number of hydrogen-bond acceptors (Lipinski definition) is 2. The molecule has 0 bridgehead atoms. The van der Waals surface area contributed by atoms with E-state index in [1.54, 1.807) is 31.2 Å². The molecule has 0 saturated carbocycles. The van der Waals surface area contributed by atoms with Crippen LogP contribution in [0.15, 0.2) is 40.9 Å². The van der Waals surface area contributed by atoms with Crippen LogP contribution in [0.5, 0.6) is 5.75 Å². The number of benzene rings is 2. The predicted molar refractivity (Wildman–Crippen MR) is 75.3 cm³/mol. The van der Waals surface area contributed by atoms with Crippen molar-refractivity contribution >= 4 is 21.7 Å². The molecule has 0 aromatic heterocycles. The quantitative estimate of drug-likeness (QED) is 0.794. The largest absolute Gasteiger partial charge is 0.496 e. The van der Waals surface area contributed by atoms with E-state index in [1.807, 2.05) is 0 Å². The third-order valence-electron chi connectivity index (χ3n) is 2.85. The molecule has 98 valence electrons. The Morgan fingerprint density at radius 2 is 1.89 bits per heavy atom. The van der Waals surface area contributed by atoms with Gasteiger partial charge in [-0.15, -0.1) is 0 Å². The minimum atomic E-state index is -0.426. The summed E-state index contributed by atoms with van der Waals surface area (Å²) in [4.78, 5) is 12.4. The molecule has 0 fully saturated rings. The van der Waals surface area contributed by atoms with Gasteiger partial charge in [0.2, 0.25) is 0 Å². The molecule has 0 aliphatic heterocycles. The summed E-state index contributed by atoms with van der Waals surface area (Å²) in [5.74, 6) is -0.214. The van der Waals surface area contributed by atoms with Crippen LogP contribution < -0.4 is 4.74 Å². The minimum Gasteiger partial charge on any atom is -0.496 e. The van der Waals surface area contributed by atoms with Crippen LogP contribution in [0.25, 0.3) is 0 Å². The van der Waals surface area contributed by atoms with Gasteiger partial charge in [-0.25, -0.2) is 4.39 Å². The van der Waals surface area contributed by atoms with E-state index < -0.39 is 5.82 Å². The Labute approximate surface area is 119 Å². The van der Waals surface area contributed by atoms with Crippen LogP contribution in [0, 0.1) is 12.7 Å². The molecule has 0 saturated heterocycles. The topological polar surface area (TPSA) is 26.3 Å². The Hall–Kier alpha value is -1.68. The second kappa shape index (κ2) is 5.53. The van der Waals surface area contributed by atoms with Crippen LogP contribution in [0.3, 0.4) is 0 Å². The molecular weight excluding hydrogens is 311 g/mol. The summed E-state index contributed by atoms with van der Waals surface area (Å²) in [5, 5.41) is 0. The van der Waals surface area contributed by atoms with E-state index in [4.69, 9.17) is 4.74 Å². The third-order valence-corrected chi connectivity index (χ3v) is 3.35. The zero-order chi connectivity index (χ0) is 14.0. The lowest BCUT2D eigenvalue weighted by Gasteiger charge is -2.10. The van der Waals surface area contributed by atoms with Gasteiger partial charge in [0.05, 0.1) is 12.7 Å². The van der Waals surface area contributed by atoms with Crippen LogP contribution in [-0.4, -0.2) is 12.9 Å². The van der Waals surface area contributed by atoms with Gasteiger partial charge in [0.15, 0.2) is 5.78 Å². The minimum absolute atomic E-state index is 0.249. The van der Waals surface area contributed by atoms with Crippen molar-refractivity contribution in [3.8, 4) is 5.75 Å². The van der Waals surface area contributed by atoms with Crippen molar-refractivity contribution in [3.63, 3.8) is 0 Å². The number of carbonyl (C=O) groups is 1. The highest BCUT2D eigenvalue weighted by Gasteiger charge is 2.17. The first-order valence-electron chi connectivity index (χ1n) is 5.67. The highest BCUT2D eigenvalue weighted by molar-refractivity contribution is 9.10. The van der Waals surface area contributed by atoms with Gasteiger partial charge in [-0.3, -0.25) is 4.79 Å². The summed E-state index contributed by atoms with van der Waals surface area (Å²) in [6.45, 7) is 1.78. The number of rotatable bonds is 3. The number of methoxy groups -OCH3 is 1. The van der Waals surface area contributed by atoms with E-state index in [-0.39, 0.29) is 5.78 Å². The maximum atomic E-state index is 13.3. The van der Waals surface area contributed by atoms with Gasteiger partial charge in [-0.1, -0.05) is 22.0 Å². The molecule has 0 atom stereocenters. The third kappa shape index (κ3) is 2.84. The summed E-state index contributed by atoms with van der Waals surface area (Å²) in [6, 6.07) is 9.31. The fourth-order valence-corrected chi connectivity index (χ4v) is 2.18. The fourth-order valence-electron chi connectivity index (χ4n) is 1.84. The van der Waals surface area contributed by atoms with Gasteiger partial charge in [-0.2, -0.15) is 0 Å². The highest BCUT2D eigenvalue weighted by Crippen LogP contribution is 2.26. The number of aryl methyl sites for hydroxylation is 1. The van der Waals surface area contributed by atoms with E-state index in [2.05, 4.69) is 15.9 Å². The lowest BCUT2D eigenvalue weighted by molar-refractivity contribution is 0.103. The average Bonchev–Trinajstić information content (AvgIpc) is 2.40. The smallest absolute Gasteiger partial charge is 0.197 e. The van der Waals surface area contributed by atoms with Crippen LogP contribution in [0.1, 0.15) is 21.5 Å².